The number of fused-ring (bicyclic) bond motifs is 1. The molecule has 1 atom stereocenters. The molecule has 0 saturated heterocycles. The molecule has 0 saturated carbocycles. The van der Waals surface area contributed by atoms with Gasteiger partial charge < -0.3 is 9.84 Å². The lowest BCUT2D eigenvalue weighted by molar-refractivity contribution is -0.158. The Hall–Kier alpha value is -1.84. The number of esters is 1. The molecule has 0 amide bonds. The van der Waals surface area contributed by atoms with E-state index >= 15 is 0 Å². The van der Waals surface area contributed by atoms with Crippen LogP contribution in [0.25, 0.3) is 0 Å². The highest BCUT2D eigenvalue weighted by Crippen LogP contribution is 2.32. The van der Waals surface area contributed by atoms with Gasteiger partial charge in [-0.3, -0.25) is 0 Å². The molecular formula is C13H14O4. The van der Waals surface area contributed by atoms with E-state index in [1.807, 2.05) is 26.0 Å². The van der Waals surface area contributed by atoms with Crippen LogP contribution in [-0.2, 0) is 16.0 Å². The quantitative estimate of drug-likeness (QED) is 0.753. The van der Waals surface area contributed by atoms with Crippen molar-refractivity contribution in [3.63, 3.8) is 0 Å². The van der Waals surface area contributed by atoms with E-state index in [-0.39, 0.29) is 6.42 Å². The summed E-state index contributed by atoms with van der Waals surface area (Å²) in [4.78, 5) is 23.0. The molecule has 1 aliphatic rings. The molecule has 1 aromatic carbocycles. The van der Waals surface area contributed by atoms with Crippen molar-refractivity contribution >= 4 is 11.9 Å². The summed E-state index contributed by atoms with van der Waals surface area (Å²) in [5, 5.41) is 9.12. The Morgan fingerprint density at radius 2 is 1.94 bits per heavy atom. The molecule has 90 valence electrons. The zero-order chi connectivity index (χ0) is 12.8. The molecule has 0 radical (unpaired) electrons. The van der Waals surface area contributed by atoms with Gasteiger partial charge in [-0.05, 0) is 37.5 Å². The van der Waals surface area contributed by atoms with Crippen LogP contribution in [0.2, 0.25) is 0 Å². The smallest absolute Gasteiger partial charge is 0.348 e. The number of carboxylic acid groups (broad SMARTS) is 1. The molecule has 1 unspecified atom stereocenters. The van der Waals surface area contributed by atoms with Crippen LogP contribution in [0.3, 0.4) is 0 Å². The van der Waals surface area contributed by atoms with Gasteiger partial charge in [-0.15, -0.1) is 0 Å². The predicted molar refractivity (Wildman–Crippen MR) is 61.1 cm³/mol. The van der Waals surface area contributed by atoms with Gasteiger partial charge in [0, 0.05) is 6.42 Å². The summed E-state index contributed by atoms with van der Waals surface area (Å²) in [5.74, 6) is -1.66. The first kappa shape index (κ1) is 11.6. The van der Waals surface area contributed by atoms with Crippen LogP contribution in [0.4, 0.5) is 0 Å². The second kappa shape index (κ2) is 3.58. The molecule has 1 aromatic rings. The highest BCUT2D eigenvalue weighted by Gasteiger charge is 2.43. The predicted octanol–water partition coefficient (Wildman–Crippen LogP) is 1.86. The van der Waals surface area contributed by atoms with Crippen molar-refractivity contribution in [2.45, 2.75) is 32.8 Å². The monoisotopic (exact) mass is 234 g/mol. The first-order chi connectivity index (χ1) is 7.85. The van der Waals surface area contributed by atoms with E-state index in [9.17, 15) is 9.59 Å². The third-order valence-electron chi connectivity index (χ3n) is 3.24. The van der Waals surface area contributed by atoms with E-state index in [0.29, 0.717) is 5.56 Å². The number of carbonyl (C=O) groups is 2. The number of hydrogen-bond donors (Lipinski definition) is 1. The Labute approximate surface area is 99.2 Å². The Balaban J connectivity index is 2.61. The van der Waals surface area contributed by atoms with Crippen molar-refractivity contribution in [1.29, 1.82) is 0 Å². The lowest BCUT2D eigenvalue weighted by Gasteiger charge is -2.32. The Bertz CT molecular complexity index is 518. The maximum Gasteiger partial charge on any atom is 0.348 e. The molecular weight excluding hydrogens is 220 g/mol. The van der Waals surface area contributed by atoms with Gasteiger partial charge in [0.25, 0.3) is 0 Å². The molecule has 0 spiro atoms. The van der Waals surface area contributed by atoms with Crippen molar-refractivity contribution in [1.82, 2.24) is 0 Å². The summed E-state index contributed by atoms with van der Waals surface area (Å²) in [6, 6.07) is 3.74. The molecule has 0 aliphatic carbocycles. The standard InChI is InChI=1S/C13H14O4/c1-7-4-5-8(2)10-9(7)6-13(3,12(15)16)17-11(10)14/h4-5H,6H2,1-3H3,(H,15,16). The first-order valence-electron chi connectivity index (χ1n) is 5.41. The zero-order valence-electron chi connectivity index (χ0n) is 10.0. The third kappa shape index (κ3) is 1.69. The van der Waals surface area contributed by atoms with Gasteiger partial charge in [-0.25, -0.2) is 9.59 Å². The number of rotatable bonds is 1. The molecule has 1 aliphatic heterocycles. The van der Waals surface area contributed by atoms with Gasteiger partial charge in [0.2, 0.25) is 5.60 Å². The van der Waals surface area contributed by atoms with E-state index in [4.69, 9.17) is 9.84 Å². The molecule has 1 heterocycles. The fourth-order valence-corrected chi connectivity index (χ4v) is 2.13. The SMILES string of the molecule is Cc1ccc(C)c2c1CC(C)(C(=O)O)OC2=O. The molecule has 0 aromatic heterocycles. The Kier molecular flexibility index (Phi) is 2.45. The highest BCUT2D eigenvalue weighted by molar-refractivity contribution is 5.97. The van der Waals surface area contributed by atoms with Crippen molar-refractivity contribution < 1.29 is 19.4 Å². The van der Waals surface area contributed by atoms with Crippen molar-refractivity contribution in [2.75, 3.05) is 0 Å². The Morgan fingerprint density at radius 1 is 1.35 bits per heavy atom. The molecule has 2 rings (SSSR count). The molecule has 0 fully saturated rings. The minimum Gasteiger partial charge on any atom is -0.478 e. The van der Waals surface area contributed by atoms with E-state index in [1.165, 1.54) is 6.92 Å². The number of hydrogen-bond acceptors (Lipinski definition) is 3. The number of carboxylic acids is 1. The van der Waals surface area contributed by atoms with Crippen LogP contribution in [0.5, 0.6) is 0 Å². The summed E-state index contributed by atoms with van der Waals surface area (Å²) in [6.45, 7) is 5.13. The van der Waals surface area contributed by atoms with Crippen molar-refractivity contribution in [3.8, 4) is 0 Å². The summed E-state index contributed by atoms with van der Waals surface area (Å²) in [5.41, 5.74) is 1.59. The van der Waals surface area contributed by atoms with Crippen LogP contribution in [-0.4, -0.2) is 22.6 Å². The number of carbonyl (C=O) groups excluding carboxylic acids is 1. The number of ether oxygens (including phenoxy) is 1. The number of cyclic esters (lactones) is 1. The van der Waals surface area contributed by atoms with E-state index < -0.39 is 17.5 Å². The molecule has 0 bridgehead atoms. The fourth-order valence-electron chi connectivity index (χ4n) is 2.13. The molecule has 17 heavy (non-hydrogen) atoms. The van der Waals surface area contributed by atoms with Gasteiger partial charge >= 0.3 is 11.9 Å². The minimum absolute atomic E-state index is 0.219. The topological polar surface area (TPSA) is 63.6 Å². The van der Waals surface area contributed by atoms with Gasteiger partial charge in [-0.2, -0.15) is 0 Å². The van der Waals surface area contributed by atoms with Crippen molar-refractivity contribution in [2.24, 2.45) is 0 Å². The second-order valence-electron chi connectivity index (χ2n) is 4.66. The number of aryl methyl sites for hydroxylation is 2. The van der Waals surface area contributed by atoms with Crippen molar-refractivity contribution in [3.05, 3.63) is 34.4 Å². The van der Waals surface area contributed by atoms with E-state index in [0.717, 1.165) is 16.7 Å². The summed E-state index contributed by atoms with van der Waals surface area (Å²) in [6.07, 6.45) is 0.219. The Morgan fingerprint density at radius 3 is 2.53 bits per heavy atom. The van der Waals surface area contributed by atoms with E-state index in [2.05, 4.69) is 0 Å². The third-order valence-corrected chi connectivity index (χ3v) is 3.24. The average Bonchev–Trinajstić information content (AvgIpc) is 2.22. The maximum absolute atomic E-state index is 11.9. The summed E-state index contributed by atoms with van der Waals surface area (Å²) in [7, 11) is 0. The summed E-state index contributed by atoms with van der Waals surface area (Å²) >= 11 is 0. The van der Waals surface area contributed by atoms with Gasteiger partial charge in [0.15, 0.2) is 0 Å². The second-order valence-corrected chi connectivity index (χ2v) is 4.66. The maximum atomic E-state index is 11.9. The number of benzene rings is 1. The highest BCUT2D eigenvalue weighted by atomic mass is 16.6. The molecule has 4 nitrogen and oxygen atoms in total. The van der Waals surface area contributed by atoms with Crippen LogP contribution in [0.15, 0.2) is 12.1 Å². The van der Waals surface area contributed by atoms with Crippen LogP contribution in [0, 0.1) is 13.8 Å². The fraction of sp³-hybridized carbons (Fsp3) is 0.385. The minimum atomic E-state index is -1.46. The van der Waals surface area contributed by atoms with Crippen LogP contribution in [0.1, 0.15) is 34.0 Å². The number of aliphatic carboxylic acids is 1. The lowest BCUT2D eigenvalue weighted by Crippen LogP contribution is -2.46. The first-order valence-corrected chi connectivity index (χ1v) is 5.41. The summed E-state index contributed by atoms with van der Waals surface area (Å²) < 4.78 is 5.06. The van der Waals surface area contributed by atoms with Gasteiger partial charge in [0.05, 0.1) is 5.56 Å². The van der Waals surface area contributed by atoms with E-state index in [1.54, 1.807) is 0 Å². The van der Waals surface area contributed by atoms with Gasteiger partial charge in [-0.1, -0.05) is 12.1 Å². The van der Waals surface area contributed by atoms with Crippen LogP contribution >= 0.6 is 0 Å². The normalized spacial score (nSPS) is 22.9. The lowest BCUT2D eigenvalue weighted by atomic mass is 9.85. The zero-order valence-corrected chi connectivity index (χ0v) is 10.0. The molecule has 1 N–H and O–H groups in total. The van der Waals surface area contributed by atoms with Crippen LogP contribution < -0.4 is 0 Å². The largest absolute Gasteiger partial charge is 0.478 e. The molecule has 4 heteroatoms. The van der Waals surface area contributed by atoms with Gasteiger partial charge in [0.1, 0.15) is 0 Å². The average molecular weight is 234 g/mol.